The number of piperidine rings is 1. The smallest absolute Gasteiger partial charge is 0.315 e. The molecule has 0 spiro atoms. The van der Waals surface area contributed by atoms with Gasteiger partial charge < -0.3 is 16.0 Å². The molecule has 0 aromatic rings. The molecule has 14 heavy (non-hydrogen) atoms. The third kappa shape index (κ3) is 3.64. The molecule has 1 unspecified atom stereocenters. The van der Waals surface area contributed by atoms with E-state index in [1.165, 1.54) is 0 Å². The molecule has 5 nitrogen and oxygen atoms in total. The lowest BCUT2D eigenvalue weighted by molar-refractivity contribution is -0.122. The fraction of sp³-hybridized carbons (Fsp3) is 0.778. The third-order valence-corrected chi connectivity index (χ3v) is 2.00. The molecular formula is C9H17N3O2. The van der Waals surface area contributed by atoms with Crippen LogP contribution in [0.5, 0.6) is 0 Å². The number of carbonyl (C=O) groups excluding carboxylic acids is 2. The van der Waals surface area contributed by atoms with Gasteiger partial charge in [0.1, 0.15) is 0 Å². The monoisotopic (exact) mass is 199 g/mol. The molecule has 1 saturated heterocycles. The third-order valence-electron chi connectivity index (χ3n) is 2.00. The van der Waals surface area contributed by atoms with E-state index in [1.807, 2.05) is 13.8 Å². The lowest BCUT2D eigenvalue weighted by atomic mass is 10.1. The summed E-state index contributed by atoms with van der Waals surface area (Å²) in [5.74, 6) is 0.00565. The number of carbonyl (C=O) groups is 2. The van der Waals surface area contributed by atoms with E-state index in [1.54, 1.807) is 0 Å². The average molecular weight is 199 g/mol. The van der Waals surface area contributed by atoms with Gasteiger partial charge in [-0.15, -0.1) is 0 Å². The van der Waals surface area contributed by atoms with E-state index in [0.29, 0.717) is 13.0 Å². The van der Waals surface area contributed by atoms with Crippen molar-refractivity contribution in [3.8, 4) is 0 Å². The Balaban J connectivity index is 2.29. The van der Waals surface area contributed by atoms with E-state index in [-0.39, 0.29) is 24.0 Å². The van der Waals surface area contributed by atoms with E-state index in [2.05, 4.69) is 16.0 Å². The topological polar surface area (TPSA) is 70.2 Å². The first-order valence-corrected chi connectivity index (χ1v) is 4.91. The molecule has 5 heteroatoms. The summed E-state index contributed by atoms with van der Waals surface area (Å²) in [7, 11) is 0. The molecule has 0 aromatic heterocycles. The predicted octanol–water partition coefficient (Wildman–Crippen LogP) is -0.0274. The first kappa shape index (κ1) is 10.8. The molecule has 1 atom stereocenters. The minimum atomic E-state index is -0.195. The van der Waals surface area contributed by atoms with E-state index in [4.69, 9.17) is 0 Å². The quantitative estimate of drug-likeness (QED) is 0.584. The van der Waals surface area contributed by atoms with Crippen LogP contribution in [0.3, 0.4) is 0 Å². The van der Waals surface area contributed by atoms with Crippen LogP contribution >= 0.6 is 0 Å². The Kier molecular flexibility index (Phi) is 3.73. The number of amides is 3. The van der Waals surface area contributed by atoms with E-state index < -0.39 is 0 Å². The van der Waals surface area contributed by atoms with Crippen molar-refractivity contribution in [3.63, 3.8) is 0 Å². The lowest BCUT2D eigenvalue weighted by Crippen LogP contribution is -2.49. The maximum atomic E-state index is 11.3. The largest absolute Gasteiger partial charge is 0.356 e. The van der Waals surface area contributed by atoms with Crippen LogP contribution in [0.4, 0.5) is 4.79 Å². The van der Waals surface area contributed by atoms with Crippen molar-refractivity contribution in [2.45, 2.75) is 38.8 Å². The Morgan fingerprint density at radius 2 is 2.29 bits per heavy atom. The number of nitrogens with one attached hydrogen (secondary N) is 3. The minimum Gasteiger partial charge on any atom is -0.356 e. The van der Waals surface area contributed by atoms with Crippen LogP contribution in [0.1, 0.15) is 26.7 Å². The van der Waals surface area contributed by atoms with Gasteiger partial charge in [0, 0.05) is 25.0 Å². The van der Waals surface area contributed by atoms with Gasteiger partial charge in [0.05, 0.1) is 0 Å². The van der Waals surface area contributed by atoms with Gasteiger partial charge >= 0.3 is 6.03 Å². The van der Waals surface area contributed by atoms with Crippen LogP contribution in [0, 0.1) is 0 Å². The lowest BCUT2D eigenvalue weighted by Gasteiger charge is -2.23. The van der Waals surface area contributed by atoms with Crippen molar-refractivity contribution < 1.29 is 9.59 Å². The Morgan fingerprint density at radius 3 is 2.86 bits per heavy atom. The number of hydrogen-bond acceptors (Lipinski definition) is 2. The zero-order valence-electron chi connectivity index (χ0n) is 8.59. The van der Waals surface area contributed by atoms with Gasteiger partial charge in [-0.2, -0.15) is 0 Å². The van der Waals surface area contributed by atoms with Crippen molar-refractivity contribution in [1.29, 1.82) is 0 Å². The van der Waals surface area contributed by atoms with Crippen molar-refractivity contribution in [1.82, 2.24) is 16.0 Å². The minimum absolute atomic E-state index is 0.00565. The summed E-state index contributed by atoms with van der Waals surface area (Å²) in [5.41, 5.74) is 0. The van der Waals surface area contributed by atoms with Crippen molar-refractivity contribution in [2.75, 3.05) is 6.54 Å². The van der Waals surface area contributed by atoms with Crippen LogP contribution in [0.15, 0.2) is 0 Å². The molecule has 1 aliphatic heterocycles. The molecular weight excluding hydrogens is 182 g/mol. The number of rotatable bonds is 2. The average Bonchev–Trinajstić information content (AvgIpc) is 2.01. The van der Waals surface area contributed by atoms with Crippen LogP contribution in [0.25, 0.3) is 0 Å². The summed E-state index contributed by atoms with van der Waals surface area (Å²) in [6, 6.07) is -0.102. The molecule has 1 rings (SSSR count). The molecule has 1 heterocycles. The first-order valence-electron chi connectivity index (χ1n) is 4.91. The van der Waals surface area contributed by atoms with Crippen LogP contribution in [-0.4, -0.2) is 30.6 Å². The van der Waals surface area contributed by atoms with E-state index in [9.17, 15) is 9.59 Å². The normalized spacial score (nSPS) is 21.6. The van der Waals surface area contributed by atoms with Gasteiger partial charge in [-0.3, -0.25) is 4.79 Å². The van der Waals surface area contributed by atoms with Crippen molar-refractivity contribution in [3.05, 3.63) is 0 Å². The Morgan fingerprint density at radius 1 is 1.57 bits per heavy atom. The molecule has 80 valence electrons. The molecule has 0 aromatic carbocycles. The zero-order valence-corrected chi connectivity index (χ0v) is 8.59. The number of urea groups is 1. The fourth-order valence-electron chi connectivity index (χ4n) is 1.40. The molecule has 0 aliphatic carbocycles. The molecule has 3 amide bonds. The maximum absolute atomic E-state index is 11.3. The summed E-state index contributed by atoms with van der Waals surface area (Å²) in [6.07, 6.45) is 1.18. The predicted molar refractivity (Wildman–Crippen MR) is 52.8 cm³/mol. The Hall–Kier alpha value is -1.26. The second-order valence-corrected chi connectivity index (χ2v) is 3.81. The maximum Gasteiger partial charge on any atom is 0.315 e. The second-order valence-electron chi connectivity index (χ2n) is 3.81. The second kappa shape index (κ2) is 4.83. The highest BCUT2D eigenvalue weighted by molar-refractivity contribution is 5.79. The number of hydrogen-bond donors (Lipinski definition) is 3. The van der Waals surface area contributed by atoms with Crippen molar-refractivity contribution >= 4 is 11.9 Å². The van der Waals surface area contributed by atoms with Gasteiger partial charge in [0.2, 0.25) is 5.91 Å². The fourth-order valence-corrected chi connectivity index (χ4v) is 1.40. The molecule has 0 radical (unpaired) electrons. The van der Waals surface area contributed by atoms with Crippen LogP contribution in [-0.2, 0) is 4.79 Å². The SMILES string of the molecule is CC(C)NC(=O)NC1CCNC(=O)C1. The van der Waals surface area contributed by atoms with E-state index >= 15 is 0 Å². The van der Waals surface area contributed by atoms with Crippen molar-refractivity contribution in [2.24, 2.45) is 0 Å². The summed E-state index contributed by atoms with van der Waals surface area (Å²) < 4.78 is 0. The first-order chi connectivity index (χ1) is 6.58. The molecule has 3 N–H and O–H groups in total. The molecule has 1 aliphatic rings. The van der Waals surface area contributed by atoms with Gasteiger partial charge in [0.25, 0.3) is 0 Å². The van der Waals surface area contributed by atoms with Crippen LogP contribution < -0.4 is 16.0 Å². The Labute approximate surface area is 83.6 Å². The summed E-state index contributed by atoms with van der Waals surface area (Å²) in [4.78, 5) is 22.3. The summed E-state index contributed by atoms with van der Waals surface area (Å²) in [6.45, 7) is 4.44. The zero-order chi connectivity index (χ0) is 10.6. The summed E-state index contributed by atoms with van der Waals surface area (Å²) >= 11 is 0. The van der Waals surface area contributed by atoms with Gasteiger partial charge in [-0.1, -0.05) is 0 Å². The van der Waals surface area contributed by atoms with Gasteiger partial charge in [-0.25, -0.2) is 4.79 Å². The molecule has 0 bridgehead atoms. The molecule has 0 saturated carbocycles. The molecule has 1 fully saturated rings. The van der Waals surface area contributed by atoms with Gasteiger partial charge in [-0.05, 0) is 20.3 Å². The van der Waals surface area contributed by atoms with E-state index in [0.717, 1.165) is 6.42 Å². The highest BCUT2D eigenvalue weighted by Gasteiger charge is 2.20. The van der Waals surface area contributed by atoms with Gasteiger partial charge in [0.15, 0.2) is 0 Å². The Bertz CT molecular complexity index is 228. The summed E-state index contributed by atoms with van der Waals surface area (Å²) in [5, 5.41) is 8.21. The standard InChI is InChI=1S/C9H17N3O2/c1-6(2)11-9(14)12-7-3-4-10-8(13)5-7/h6-7H,3-5H2,1-2H3,(H,10,13)(H2,11,12,14). The highest BCUT2D eigenvalue weighted by atomic mass is 16.2. The van der Waals surface area contributed by atoms with Crippen LogP contribution in [0.2, 0.25) is 0 Å². The highest BCUT2D eigenvalue weighted by Crippen LogP contribution is 2.02.